The lowest BCUT2D eigenvalue weighted by Gasteiger charge is -2.31. The summed E-state index contributed by atoms with van der Waals surface area (Å²) < 4.78 is 7.51. The lowest BCUT2D eigenvalue weighted by Crippen LogP contribution is -2.36. The van der Waals surface area contributed by atoms with Gasteiger partial charge in [-0.15, -0.1) is 10.2 Å². The Balaban J connectivity index is 1.39. The van der Waals surface area contributed by atoms with E-state index < -0.39 is 11.9 Å². The minimum atomic E-state index is -0.558. The number of carbonyl (C=O) groups is 2. The summed E-state index contributed by atoms with van der Waals surface area (Å²) >= 11 is 1.24. The molecule has 3 heterocycles. The third kappa shape index (κ3) is 5.99. The first kappa shape index (κ1) is 23.9. The number of thioether (sulfide) groups is 1. The van der Waals surface area contributed by atoms with Crippen molar-refractivity contribution in [1.29, 1.82) is 0 Å². The zero-order valence-corrected chi connectivity index (χ0v) is 20.5. The molecule has 1 aliphatic rings. The summed E-state index contributed by atoms with van der Waals surface area (Å²) in [6, 6.07) is 8.89. The number of aromatic nitrogens is 3. The monoisotopic (exact) mass is 482 g/mol. The number of furan rings is 1. The standard InChI is InChI=1S/C24H30N6O3S/c1-16-8-10-29(11-9-16)23-27-28-24(30(23)14-19-5-4-12-33-19)34-15-21(31)26-22(32)25-20-7-6-17(2)13-18(20)3/h4-7,12-13,16H,8-11,14-15H2,1-3H3,(H2,25,26,31,32). The molecule has 34 heavy (non-hydrogen) atoms. The Hall–Kier alpha value is -3.27. The molecule has 0 radical (unpaired) electrons. The van der Waals surface area contributed by atoms with Gasteiger partial charge < -0.3 is 14.6 Å². The Labute approximate surface area is 203 Å². The molecule has 1 aromatic carbocycles. The highest BCUT2D eigenvalue weighted by molar-refractivity contribution is 7.99. The zero-order valence-electron chi connectivity index (χ0n) is 19.7. The van der Waals surface area contributed by atoms with Crippen LogP contribution in [-0.4, -0.2) is 45.5 Å². The first-order valence-electron chi connectivity index (χ1n) is 11.4. The van der Waals surface area contributed by atoms with Crippen LogP contribution in [0.4, 0.5) is 16.4 Å². The molecule has 0 saturated carbocycles. The van der Waals surface area contributed by atoms with E-state index in [1.807, 2.05) is 48.7 Å². The highest BCUT2D eigenvalue weighted by atomic mass is 32.2. The quantitative estimate of drug-likeness (QED) is 0.486. The normalized spacial score (nSPS) is 14.3. The zero-order chi connectivity index (χ0) is 24.1. The number of urea groups is 1. The molecule has 0 atom stereocenters. The lowest BCUT2D eigenvalue weighted by molar-refractivity contribution is -0.117. The van der Waals surface area contributed by atoms with Crippen LogP contribution in [0.25, 0.3) is 0 Å². The Bertz CT molecular complexity index is 1140. The van der Waals surface area contributed by atoms with E-state index in [1.54, 1.807) is 6.26 Å². The average molecular weight is 483 g/mol. The molecule has 10 heteroatoms. The minimum absolute atomic E-state index is 0.0353. The molecule has 0 bridgehead atoms. The Morgan fingerprint density at radius 2 is 1.97 bits per heavy atom. The number of anilines is 2. The van der Waals surface area contributed by atoms with Gasteiger partial charge in [0.25, 0.3) is 0 Å². The van der Waals surface area contributed by atoms with Crippen molar-refractivity contribution in [2.75, 3.05) is 29.1 Å². The lowest BCUT2D eigenvalue weighted by atomic mass is 10.00. The SMILES string of the molecule is Cc1ccc(NC(=O)NC(=O)CSc2nnc(N3CCC(C)CC3)n2Cc2ccco2)c(C)c1. The Morgan fingerprint density at radius 1 is 1.18 bits per heavy atom. The van der Waals surface area contributed by atoms with E-state index in [2.05, 4.69) is 32.7 Å². The number of amides is 3. The van der Waals surface area contributed by atoms with Crippen LogP contribution in [0, 0.1) is 19.8 Å². The molecule has 1 aliphatic heterocycles. The van der Waals surface area contributed by atoms with Crippen LogP contribution in [0.3, 0.4) is 0 Å². The van der Waals surface area contributed by atoms with Gasteiger partial charge in [0.2, 0.25) is 11.9 Å². The van der Waals surface area contributed by atoms with Crippen molar-refractivity contribution in [3.63, 3.8) is 0 Å². The fraction of sp³-hybridized carbons (Fsp3) is 0.417. The number of carbonyl (C=O) groups excluding carboxylic acids is 2. The fourth-order valence-electron chi connectivity index (χ4n) is 3.93. The van der Waals surface area contributed by atoms with Crippen molar-refractivity contribution >= 4 is 35.3 Å². The van der Waals surface area contributed by atoms with Crippen molar-refractivity contribution in [2.24, 2.45) is 5.92 Å². The van der Waals surface area contributed by atoms with E-state index in [4.69, 9.17) is 4.42 Å². The molecule has 1 fully saturated rings. The van der Waals surface area contributed by atoms with Crippen molar-refractivity contribution < 1.29 is 14.0 Å². The van der Waals surface area contributed by atoms with Gasteiger partial charge in [0.05, 0.1) is 18.6 Å². The van der Waals surface area contributed by atoms with Gasteiger partial charge in [-0.25, -0.2) is 4.79 Å². The number of rotatable bonds is 7. The number of nitrogens with zero attached hydrogens (tertiary/aromatic N) is 4. The third-order valence-corrected chi connectivity index (χ3v) is 6.84. The largest absolute Gasteiger partial charge is 0.467 e. The molecule has 1 saturated heterocycles. The van der Waals surface area contributed by atoms with E-state index in [0.717, 1.165) is 48.8 Å². The van der Waals surface area contributed by atoms with E-state index in [0.29, 0.717) is 23.3 Å². The van der Waals surface area contributed by atoms with Gasteiger partial charge in [-0.2, -0.15) is 0 Å². The van der Waals surface area contributed by atoms with Crippen LogP contribution in [0.1, 0.15) is 36.7 Å². The molecule has 3 amide bonds. The van der Waals surface area contributed by atoms with E-state index in [1.165, 1.54) is 11.8 Å². The van der Waals surface area contributed by atoms with Gasteiger partial charge >= 0.3 is 6.03 Å². The van der Waals surface area contributed by atoms with Gasteiger partial charge in [0.15, 0.2) is 5.16 Å². The third-order valence-electron chi connectivity index (χ3n) is 5.87. The van der Waals surface area contributed by atoms with Crippen LogP contribution in [-0.2, 0) is 11.3 Å². The smallest absolute Gasteiger partial charge is 0.325 e. The molecule has 2 N–H and O–H groups in total. The number of imide groups is 1. The van der Waals surface area contributed by atoms with Crippen molar-refractivity contribution in [3.05, 3.63) is 53.5 Å². The van der Waals surface area contributed by atoms with Crippen molar-refractivity contribution in [1.82, 2.24) is 20.1 Å². The number of hydrogen-bond acceptors (Lipinski definition) is 7. The highest BCUT2D eigenvalue weighted by Gasteiger charge is 2.24. The molecular formula is C24H30N6O3S. The maximum absolute atomic E-state index is 12.4. The molecule has 180 valence electrons. The Kier molecular flexibility index (Phi) is 7.56. The van der Waals surface area contributed by atoms with E-state index in [-0.39, 0.29) is 5.75 Å². The summed E-state index contributed by atoms with van der Waals surface area (Å²) in [5.74, 6) is 1.88. The number of aryl methyl sites for hydroxylation is 2. The van der Waals surface area contributed by atoms with Crippen LogP contribution >= 0.6 is 11.8 Å². The number of piperidine rings is 1. The fourth-order valence-corrected chi connectivity index (χ4v) is 4.66. The maximum Gasteiger partial charge on any atom is 0.325 e. The summed E-state index contributed by atoms with van der Waals surface area (Å²) in [7, 11) is 0. The van der Waals surface area contributed by atoms with Gasteiger partial charge in [-0.3, -0.25) is 14.7 Å². The molecule has 0 unspecified atom stereocenters. The maximum atomic E-state index is 12.4. The molecule has 0 aliphatic carbocycles. The summed E-state index contributed by atoms with van der Waals surface area (Å²) in [6.45, 7) is 8.47. The summed E-state index contributed by atoms with van der Waals surface area (Å²) in [5, 5.41) is 14.5. The first-order chi connectivity index (χ1) is 16.4. The number of hydrogen-bond donors (Lipinski definition) is 2. The molecule has 3 aromatic rings. The second kappa shape index (κ2) is 10.8. The van der Waals surface area contributed by atoms with Gasteiger partial charge in [0, 0.05) is 18.8 Å². The van der Waals surface area contributed by atoms with E-state index >= 15 is 0 Å². The molecular weight excluding hydrogens is 452 g/mol. The van der Waals surface area contributed by atoms with Gasteiger partial charge in [-0.05, 0) is 56.4 Å². The number of benzene rings is 1. The predicted molar refractivity (Wildman–Crippen MR) is 132 cm³/mol. The highest BCUT2D eigenvalue weighted by Crippen LogP contribution is 2.27. The van der Waals surface area contributed by atoms with Crippen LogP contribution < -0.4 is 15.5 Å². The first-order valence-corrected chi connectivity index (χ1v) is 12.4. The molecule has 2 aromatic heterocycles. The van der Waals surface area contributed by atoms with Crippen LogP contribution in [0.5, 0.6) is 0 Å². The Morgan fingerprint density at radius 3 is 2.68 bits per heavy atom. The van der Waals surface area contributed by atoms with Crippen LogP contribution in [0.2, 0.25) is 0 Å². The molecule has 9 nitrogen and oxygen atoms in total. The summed E-state index contributed by atoms with van der Waals surface area (Å²) in [6.07, 6.45) is 3.85. The van der Waals surface area contributed by atoms with Gasteiger partial charge in [0.1, 0.15) is 5.76 Å². The minimum Gasteiger partial charge on any atom is -0.467 e. The summed E-state index contributed by atoms with van der Waals surface area (Å²) in [5.41, 5.74) is 2.71. The molecule has 0 spiro atoms. The van der Waals surface area contributed by atoms with Crippen molar-refractivity contribution in [2.45, 2.75) is 45.3 Å². The van der Waals surface area contributed by atoms with Crippen LogP contribution in [0.15, 0.2) is 46.2 Å². The topological polar surface area (TPSA) is 105 Å². The number of nitrogens with one attached hydrogen (secondary N) is 2. The second-order valence-corrected chi connectivity index (χ2v) is 9.67. The van der Waals surface area contributed by atoms with E-state index in [9.17, 15) is 9.59 Å². The predicted octanol–water partition coefficient (Wildman–Crippen LogP) is 4.21. The van der Waals surface area contributed by atoms with Crippen molar-refractivity contribution in [3.8, 4) is 0 Å². The average Bonchev–Trinajstić information content (AvgIpc) is 3.45. The van der Waals surface area contributed by atoms with Gasteiger partial charge in [-0.1, -0.05) is 36.4 Å². The second-order valence-electron chi connectivity index (χ2n) is 8.73. The molecule has 4 rings (SSSR count). The summed E-state index contributed by atoms with van der Waals surface area (Å²) in [4.78, 5) is 27.0.